The molecule has 0 fully saturated rings. The van der Waals surface area contributed by atoms with Crippen LogP contribution in [0.4, 0.5) is 8.78 Å². The van der Waals surface area contributed by atoms with Gasteiger partial charge in [0.05, 0.1) is 7.11 Å². The average molecular weight is 189 g/mol. The van der Waals surface area contributed by atoms with Gasteiger partial charge in [-0.1, -0.05) is 0 Å². The second-order valence-electron chi connectivity index (χ2n) is 2.56. The van der Waals surface area contributed by atoms with Crippen LogP contribution in [-0.4, -0.2) is 12.1 Å². The van der Waals surface area contributed by atoms with Gasteiger partial charge in [-0.15, -0.1) is 0 Å². The van der Waals surface area contributed by atoms with Gasteiger partial charge in [0.25, 0.3) is 12.0 Å². The van der Waals surface area contributed by atoms with E-state index in [4.69, 9.17) is 0 Å². The molecular weight excluding hydrogens is 180 g/mol. The van der Waals surface area contributed by atoms with Gasteiger partial charge in [0.1, 0.15) is 11.3 Å². The summed E-state index contributed by atoms with van der Waals surface area (Å²) in [6.07, 6.45) is -2.82. The normalized spacial score (nSPS) is 10.5. The second-order valence-corrected chi connectivity index (χ2v) is 2.56. The lowest BCUT2D eigenvalue weighted by molar-refractivity contribution is 0.145. The lowest BCUT2D eigenvalue weighted by atomic mass is 10.2. The monoisotopic (exact) mass is 189 g/mol. The number of methoxy groups -OCH3 is 1. The number of pyridine rings is 1. The van der Waals surface area contributed by atoms with Gasteiger partial charge in [-0.2, -0.15) is 0 Å². The SMILES string of the molecule is COc1cc(C)[nH]c(=O)c1C(F)F. The highest BCUT2D eigenvalue weighted by Gasteiger charge is 2.18. The number of alkyl halides is 2. The van der Waals surface area contributed by atoms with Gasteiger partial charge >= 0.3 is 0 Å². The fourth-order valence-corrected chi connectivity index (χ4v) is 1.04. The summed E-state index contributed by atoms with van der Waals surface area (Å²) >= 11 is 0. The summed E-state index contributed by atoms with van der Waals surface area (Å²) in [4.78, 5) is 13.3. The van der Waals surface area contributed by atoms with Gasteiger partial charge < -0.3 is 9.72 Å². The summed E-state index contributed by atoms with van der Waals surface area (Å²) in [6, 6.07) is 1.36. The van der Waals surface area contributed by atoms with Gasteiger partial charge in [0.15, 0.2) is 0 Å². The van der Waals surface area contributed by atoms with Crippen molar-refractivity contribution < 1.29 is 13.5 Å². The largest absolute Gasteiger partial charge is 0.496 e. The maximum atomic E-state index is 12.3. The number of rotatable bonds is 2. The molecule has 1 heterocycles. The maximum absolute atomic E-state index is 12.3. The van der Waals surface area contributed by atoms with Crippen LogP contribution in [0.1, 0.15) is 17.7 Å². The fourth-order valence-electron chi connectivity index (χ4n) is 1.04. The summed E-state index contributed by atoms with van der Waals surface area (Å²) in [5.41, 5.74) is -0.925. The van der Waals surface area contributed by atoms with Crippen LogP contribution >= 0.6 is 0 Å². The van der Waals surface area contributed by atoms with Crippen LogP contribution in [0.25, 0.3) is 0 Å². The lowest BCUT2D eigenvalue weighted by Crippen LogP contribution is -2.15. The van der Waals surface area contributed by atoms with Gasteiger partial charge in [-0.3, -0.25) is 4.79 Å². The average Bonchev–Trinajstić information content (AvgIpc) is 2.01. The first-order valence-electron chi connectivity index (χ1n) is 3.62. The summed E-state index contributed by atoms with van der Waals surface area (Å²) in [7, 11) is 1.25. The van der Waals surface area contributed by atoms with Gasteiger partial charge in [0.2, 0.25) is 0 Å². The Hall–Kier alpha value is -1.39. The minimum Gasteiger partial charge on any atom is -0.496 e. The van der Waals surface area contributed by atoms with Crippen LogP contribution in [0.2, 0.25) is 0 Å². The smallest absolute Gasteiger partial charge is 0.272 e. The van der Waals surface area contributed by atoms with E-state index in [-0.39, 0.29) is 5.75 Å². The van der Waals surface area contributed by atoms with Crippen molar-refractivity contribution in [3.05, 3.63) is 27.7 Å². The third kappa shape index (κ3) is 1.85. The Morgan fingerprint density at radius 3 is 2.62 bits per heavy atom. The van der Waals surface area contributed by atoms with Crippen LogP contribution in [0, 0.1) is 6.92 Å². The number of hydrogen-bond donors (Lipinski definition) is 1. The van der Waals surface area contributed by atoms with E-state index < -0.39 is 17.5 Å². The molecule has 0 saturated carbocycles. The summed E-state index contributed by atoms with van der Waals surface area (Å²) in [5, 5.41) is 0. The summed E-state index contributed by atoms with van der Waals surface area (Å²) in [5.74, 6) is -0.0729. The van der Waals surface area contributed by atoms with E-state index in [1.165, 1.54) is 13.2 Å². The third-order valence-corrected chi connectivity index (χ3v) is 1.61. The quantitative estimate of drug-likeness (QED) is 0.768. The highest BCUT2D eigenvalue weighted by molar-refractivity contribution is 5.33. The molecule has 0 bridgehead atoms. The Labute approximate surface area is 73.4 Å². The first-order chi connectivity index (χ1) is 6.06. The Bertz CT molecular complexity index is 360. The van der Waals surface area contributed by atoms with E-state index in [0.29, 0.717) is 5.69 Å². The van der Waals surface area contributed by atoms with E-state index in [1.807, 2.05) is 0 Å². The minimum atomic E-state index is -2.82. The first-order valence-corrected chi connectivity index (χ1v) is 3.62. The maximum Gasteiger partial charge on any atom is 0.272 e. The zero-order valence-corrected chi connectivity index (χ0v) is 7.23. The predicted molar refractivity (Wildman–Crippen MR) is 43.3 cm³/mol. The Balaban J connectivity index is 3.39. The molecule has 0 spiro atoms. The molecule has 1 aromatic heterocycles. The molecule has 0 amide bonds. The molecule has 0 aliphatic rings. The lowest BCUT2D eigenvalue weighted by Gasteiger charge is -2.06. The molecule has 1 aromatic rings. The zero-order chi connectivity index (χ0) is 10.0. The number of H-pyrrole nitrogens is 1. The van der Waals surface area contributed by atoms with E-state index in [2.05, 4.69) is 9.72 Å². The molecule has 5 heteroatoms. The van der Waals surface area contributed by atoms with Crippen LogP contribution in [-0.2, 0) is 0 Å². The molecule has 1 rings (SSSR count). The van der Waals surface area contributed by atoms with Gasteiger partial charge in [0, 0.05) is 5.69 Å². The number of nitrogens with one attached hydrogen (secondary N) is 1. The number of ether oxygens (including phenoxy) is 1. The molecule has 3 nitrogen and oxygen atoms in total. The topological polar surface area (TPSA) is 42.1 Å². The molecule has 0 aliphatic heterocycles. The standard InChI is InChI=1S/C8H9F2NO2/c1-4-3-5(13-2)6(7(9)10)8(12)11-4/h3,7H,1-2H3,(H,11,12). The van der Waals surface area contributed by atoms with Crippen molar-refractivity contribution in [2.75, 3.05) is 7.11 Å². The molecular formula is C8H9F2NO2. The number of aryl methyl sites for hydroxylation is 1. The van der Waals surface area contributed by atoms with E-state index in [0.717, 1.165) is 0 Å². The Morgan fingerprint density at radius 1 is 1.54 bits per heavy atom. The Morgan fingerprint density at radius 2 is 2.15 bits per heavy atom. The van der Waals surface area contributed by atoms with Crippen molar-refractivity contribution in [2.45, 2.75) is 13.3 Å². The summed E-state index contributed by atoms with van der Waals surface area (Å²) < 4.78 is 29.3. The van der Waals surface area contributed by atoms with Crippen LogP contribution < -0.4 is 10.3 Å². The second kappa shape index (κ2) is 3.55. The molecule has 0 radical (unpaired) electrons. The molecule has 0 unspecified atom stereocenters. The zero-order valence-electron chi connectivity index (χ0n) is 7.23. The van der Waals surface area contributed by atoms with Crippen LogP contribution in [0.15, 0.2) is 10.9 Å². The minimum absolute atomic E-state index is 0.0729. The van der Waals surface area contributed by atoms with E-state index in [1.54, 1.807) is 6.92 Å². The Kier molecular flexibility index (Phi) is 2.65. The van der Waals surface area contributed by atoms with Crippen molar-refractivity contribution in [3.8, 4) is 5.75 Å². The van der Waals surface area contributed by atoms with Gasteiger partial charge in [-0.25, -0.2) is 8.78 Å². The van der Waals surface area contributed by atoms with Crippen LogP contribution in [0.3, 0.4) is 0 Å². The van der Waals surface area contributed by atoms with Crippen molar-refractivity contribution >= 4 is 0 Å². The van der Waals surface area contributed by atoms with Crippen LogP contribution in [0.5, 0.6) is 5.75 Å². The van der Waals surface area contributed by atoms with Crippen molar-refractivity contribution in [2.24, 2.45) is 0 Å². The number of halogens is 2. The molecule has 0 aromatic carbocycles. The molecule has 72 valence electrons. The third-order valence-electron chi connectivity index (χ3n) is 1.61. The summed E-state index contributed by atoms with van der Waals surface area (Å²) in [6.45, 7) is 1.60. The van der Waals surface area contributed by atoms with E-state index in [9.17, 15) is 13.6 Å². The van der Waals surface area contributed by atoms with Gasteiger partial charge in [-0.05, 0) is 13.0 Å². The number of aromatic amines is 1. The predicted octanol–water partition coefficient (Wildman–Crippen LogP) is 1.63. The molecule has 0 aliphatic carbocycles. The number of hydrogen-bond acceptors (Lipinski definition) is 2. The van der Waals surface area contributed by atoms with Crippen molar-refractivity contribution in [1.82, 2.24) is 4.98 Å². The molecule has 1 N–H and O–H groups in total. The highest BCUT2D eigenvalue weighted by Crippen LogP contribution is 2.25. The molecule has 13 heavy (non-hydrogen) atoms. The molecule has 0 atom stereocenters. The number of aromatic nitrogens is 1. The van der Waals surface area contributed by atoms with Crippen molar-refractivity contribution in [3.63, 3.8) is 0 Å². The van der Waals surface area contributed by atoms with Crippen molar-refractivity contribution in [1.29, 1.82) is 0 Å². The van der Waals surface area contributed by atoms with E-state index >= 15 is 0 Å². The fraction of sp³-hybridized carbons (Fsp3) is 0.375. The molecule has 0 saturated heterocycles. The first kappa shape index (κ1) is 9.70. The highest BCUT2D eigenvalue weighted by atomic mass is 19.3.